The maximum atomic E-state index is 12.7. The number of halogens is 1. The molecule has 156 valence electrons. The van der Waals surface area contributed by atoms with Gasteiger partial charge in [0.2, 0.25) is 5.91 Å². The summed E-state index contributed by atoms with van der Waals surface area (Å²) in [5.41, 5.74) is 0.941. The highest BCUT2D eigenvalue weighted by atomic mass is 35.5. The number of carbonyl (C=O) groups excluding carboxylic acids is 2. The van der Waals surface area contributed by atoms with Crippen molar-refractivity contribution in [3.8, 4) is 5.75 Å². The van der Waals surface area contributed by atoms with Crippen molar-refractivity contribution in [1.29, 1.82) is 0 Å². The standard InChI is InChI=1S/C21H31N3O3.ClH/c1-2-18(23-21(26)16-9-11-22-12-10-16)17-7-3-4-8-19(17)27-15-20(25)24-13-5-6-14-24;/h3-4,7-8,16,18,22H,2,5-6,9-15H2,1H3,(H,23,26);1H. The summed E-state index contributed by atoms with van der Waals surface area (Å²) in [6.07, 6.45) is 4.68. The summed E-state index contributed by atoms with van der Waals surface area (Å²) in [7, 11) is 0. The van der Waals surface area contributed by atoms with Gasteiger partial charge in [0, 0.05) is 24.6 Å². The van der Waals surface area contributed by atoms with Gasteiger partial charge in [0.15, 0.2) is 6.61 Å². The molecule has 0 aliphatic carbocycles. The number of ether oxygens (including phenoxy) is 1. The van der Waals surface area contributed by atoms with Crippen LogP contribution in [0, 0.1) is 5.92 Å². The molecule has 2 N–H and O–H groups in total. The number of rotatable bonds is 7. The van der Waals surface area contributed by atoms with E-state index >= 15 is 0 Å². The van der Waals surface area contributed by atoms with Gasteiger partial charge in [-0.2, -0.15) is 0 Å². The molecule has 7 heteroatoms. The van der Waals surface area contributed by atoms with Crippen LogP contribution in [0.5, 0.6) is 5.75 Å². The number of amides is 2. The molecule has 1 aromatic rings. The molecular weight excluding hydrogens is 378 g/mol. The van der Waals surface area contributed by atoms with Gasteiger partial charge in [-0.15, -0.1) is 12.4 Å². The molecule has 0 spiro atoms. The molecule has 0 bridgehead atoms. The van der Waals surface area contributed by atoms with Gasteiger partial charge in [0.25, 0.3) is 5.91 Å². The second-order valence-corrected chi connectivity index (χ2v) is 7.41. The molecule has 28 heavy (non-hydrogen) atoms. The van der Waals surface area contributed by atoms with Crippen LogP contribution in [0.1, 0.15) is 50.6 Å². The number of hydrogen-bond acceptors (Lipinski definition) is 4. The minimum atomic E-state index is -0.106. The fourth-order valence-corrected chi connectivity index (χ4v) is 3.87. The van der Waals surface area contributed by atoms with Crippen molar-refractivity contribution in [3.05, 3.63) is 29.8 Å². The molecule has 2 fully saturated rings. The number of nitrogens with zero attached hydrogens (tertiary/aromatic N) is 1. The zero-order valence-corrected chi connectivity index (χ0v) is 17.4. The monoisotopic (exact) mass is 409 g/mol. The Morgan fingerprint density at radius 1 is 1.21 bits per heavy atom. The number of para-hydroxylation sites is 1. The first kappa shape index (κ1) is 22.5. The average Bonchev–Trinajstić information content (AvgIpc) is 3.26. The number of benzene rings is 1. The second kappa shape index (κ2) is 11.3. The van der Waals surface area contributed by atoms with Crippen molar-refractivity contribution in [2.45, 2.75) is 45.1 Å². The molecule has 6 nitrogen and oxygen atoms in total. The van der Waals surface area contributed by atoms with Crippen LogP contribution in [-0.4, -0.2) is 49.5 Å². The molecule has 2 amide bonds. The Morgan fingerprint density at radius 3 is 2.57 bits per heavy atom. The molecule has 2 aliphatic heterocycles. The lowest BCUT2D eigenvalue weighted by Crippen LogP contribution is -2.39. The van der Waals surface area contributed by atoms with E-state index in [2.05, 4.69) is 17.6 Å². The van der Waals surface area contributed by atoms with Crippen LogP contribution in [0.4, 0.5) is 0 Å². The second-order valence-electron chi connectivity index (χ2n) is 7.41. The molecule has 0 aromatic heterocycles. The smallest absolute Gasteiger partial charge is 0.260 e. The normalized spacial score (nSPS) is 18.2. The number of likely N-dealkylation sites (tertiary alicyclic amines) is 1. The van der Waals surface area contributed by atoms with E-state index < -0.39 is 0 Å². The van der Waals surface area contributed by atoms with Crippen molar-refractivity contribution in [2.24, 2.45) is 5.92 Å². The van der Waals surface area contributed by atoms with Crippen molar-refractivity contribution >= 4 is 24.2 Å². The fraction of sp³-hybridized carbons (Fsp3) is 0.619. The molecule has 1 unspecified atom stereocenters. The quantitative estimate of drug-likeness (QED) is 0.726. The van der Waals surface area contributed by atoms with Crippen molar-refractivity contribution in [3.63, 3.8) is 0 Å². The first-order valence-electron chi connectivity index (χ1n) is 10.2. The van der Waals surface area contributed by atoms with E-state index in [0.29, 0.717) is 5.75 Å². The summed E-state index contributed by atoms with van der Waals surface area (Å²) in [6.45, 7) is 5.55. The highest BCUT2D eigenvalue weighted by Gasteiger charge is 2.25. The number of hydrogen-bond donors (Lipinski definition) is 2. The lowest BCUT2D eigenvalue weighted by Gasteiger charge is -2.26. The van der Waals surface area contributed by atoms with Crippen LogP contribution in [0.2, 0.25) is 0 Å². The van der Waals surface area contributed by atoms with E-state index in [1.165, 1.54) is 0 Å². The highest BCUT2D eigenvalue weighted by molar-refractivity contribution is 5.85. The van der Waals surface area contributed by atoms with Gasteiger partial charge in [0.05, 0.1) is 6.04 Å². The van der Waals surface area contributed by atoms with E-state index in [-0.39, 0.29) is 42.8 Å². The minimum absolute atomic E-state index is 0. The van der Waals surface area contributed by atoms with Gasteiger partial charge < -0.3 is 20.3 Å². The van der Waals surface area contributed by atoms with Crippen LogP contribution < -0.4 is 15.4 Å². The summed E-state index contributed by atoms with van der Waals surface area (Å²) in [5, 5.41) is 6.49. The minimum Gasteiger partial charge on any atom is -0.483 e. The van der Waals surface area contributed by atoms with E-state index in [1.54, 1.807) is 0 Å². The van der Waals surface area contributed by atoms with E-state index in [9.17, 15) is 9.59 Å². The first-order valence-corrected chi connectivity index (χ1v) is 10.2. The van der Waals surface area contributed by atoms with Gasteiger partial charge in [-0.3, -0.25) is 9.59 Å². The summed E-state index contributed by atoms with van der Waals surface area (Å²) in [5.74, 6) is 0.910. The van der Waals surface area contributed by atoms with Gasteiger partial charge in [-0.25, -0.2) is 0 Å². The summed E-state index contributed by atoms with van der Waals surface area (Å²) in [4.78, 5) is 26.8. The Labute approximate surface area is 173 Å². The topological polar surface area (TPSA) is 70.7 Å². The van der Waals surface area contributed by atoms with Gasteiger partial charge >= 0.3 is 0 Å². The molecule has 0 saturated carbocycles. The Bertz CT molecular complexity index is 644. The van der Waals surface area contributed by atoms with Crippen molar-refractivity contribution < 1.29 is 14.3 Å². The van der Waals surface area contributed by atoms with Crippen LogP contribution in [0.15, 0.2) is 24.3 Å². The first-order chi connectivity index (χ1) is 13.2. The Balaban J connectivity index is 0.00000280. The number of nitrogens with one attached hydrogen (secondary N) is 2. The lowest BCUT2D eigenvalue weighted by atomic mass is 9.95. The average molecular weight is 410 g/mol. The Kier molecular flexibility index (Phi) is 9.06. The van der Waals surface area contributed by atoms with Crippen LogP contribution in [0.25, 0.3) is 0 Å². The van der Waals surface area contributed by atoms with Gasteiger partial charge in [-0.1, -0.05) is 25.1 Å². The summed E-state index contributed by atoms with van der Waals surface area (Å²) in [6, 6.07) is 7.61. The molecular formula is C21H32ClN3O3. The van der Waals surface area contributed by atoms with E-state index in [1.807, 2.05) is 29.2 Å². The third kappa shape index (κ3) is 5.85. The van der Waals surface area contributed by atoms with Gasteiger partial charge in [0.1, 0.15) is 5.75 Å². The molecule has 1 atom stereocenters. The molecule has 0 radical (unpaired) electrons. The summed E-state index contributed by atoms with van der Waals surface area (Å²) >= 11 is 0. The third-order valence-electron chi connectivity index (χ3n) is 5.54. The third-order valence-corrected chi connectivity index (χ3v) is 5.54. The highest BCUT2D eigenvalue weighted by Crippen LogP contribution is 2.28. The van der Waals surface area contributed by atoms with Crippen molar-refractivity contribution in [2.75, 3.05) is 32.8 Å². The zero-order chi connectivity index (χ0) is 19.1. The van der Waals surface area contributed by atoms with Crippen LogP contribution in [0.3, 0.4) is 0 Å². The van der Waals surface area contributed by atoms with E-state index in [4.69, 9.17) is 4.74 Å². The predicted octanol–water partition coefficient (Wildman–Crippen LogP) is 2.68. The molecule has 2 aliphatic rings. The van der Waals surface area contributed by atoms with Crippen LogP contribution >= 0.6 is 12.4 Å². The predicted molar refractivity (Wildman–Crippen MR) is 112 cm³/mol. The molecule has 1 aromatic carbocycles. The summed E-state index contributed by atoms with van der Waals surface area (Å²) < 4.78 is 5.87. The lowest BCUT2D eigenvalue weighted by molar-refractivity contribution is -0.132. The fourth-order valence-electron chi connectivity index (χ4n) is 3.87. The number of carbonyl (C=O) groups is 2. The van der Waals surface area contributed by atoms with Crippen molar-refractivity contribution in [1.82, 2.24) is 15.5 Å². The SMILES string of the molecule is CCC(NC(=O)C1CCNCC1)c1ccccc1OCC(=O)N1CCCC1.Cl. The number of piperidine rings is 1. The Morgan fingerprint density at radius 2 is 1.89 bits per heavy atom. The molecule has 2 heterocycles. The zero-order valence-electron chi connectivity index (χ0n) is 16.6. The molecule has 2 saturated heterocycles. The molecule has 3 rings (SSSR count). The Hall–Kier alpha value is -1.79. The van der Waals surface area contributed by atoms with Crippen LogP contribution in [-0.2, 0) is 9.59 Å². The van der Waals surface area contributed by atoms with E-state index in [0.717, 1.165) is 63.8 Å². The van der Waals surface area contributed by atoms with Gasteiger partial charge in [-0.05, 0) is 51.3 Å². The maximum Gasteiger partial charge on any atom is 0.260 e. The maximum absolute atomic E-state index is 12.7. The largest absolute Gasteiger partial charge is 0.483 e.